The van der Waals surface area contributed by atoms with Crippen molar-refractivity contribution in [2.45, 2.75) is 26.0 Å². The highest BCUT2D eigenvalue weighted by Gasteiger charge is 2.18. The number of hydrogen-bond acceptors (Lipinski definition) is 2. The van der Waals surface area contributed by atoms with Gasteiger partial charge in [0.15, 0.2) is 0 Å². The highest BCUT2D eigenvalue weighted by molar-refractivity contribution is 4.71. The summed E-state index contributed by atoms with van der Waals surface area (Å²) in [5.74, 6) is 0. The minimum atomic E-state index is 0.422. The molecule has 0 aromatic rings. The van der Waals surface area contributed by atoms with Crippen LogP contribution in [0.4, 0.5) is 0 Å². The summed E-state index contributed by atoms with van der Waals surface area (Å²) in [6, 6.07) is 0.598. The molecule has 1 heterocycles. The summed E-state index contributed by atoms with van der Waals surface area (Å²) in [4.78, 5) is 2.33. The number of ether oxygens (including phenoxy) is 1. The Morgan fingerprint density at radius 1 is 1.44 bits per heavy atom. The zero-order chi connectivity index (χ0) is 6.85. The normalized spacial score (nSPS) is 39.0. The van der Waals surface area contributed by atoms with Crippen molar-refractivity contribution >= 4 is 0 Å². The van der Waals surface area contributed by atoms with Crippen LogP contribution in [0.3, 0.4) is 0 Å². The molecule has 9 heavy (non-hydrogen) atoms. The summed E-state index contributed by atoms with van der Waals surface area (Å²) in [7, 11) is 2.14. The van der Waals surface area contributed by atoms with Crippen molar-refractivity contribution in [3.8, 4) is 0 Å². The Labute approximate surface area is 56.8 Å². The average Bonchev–Trinajstić information content (AvgIpc) is 1.80. The molecule has 2 atom stereocenters. The summed E-state index contributed by atoms with van der Waals surface area (Å²) in [6.45, 7) is 6.26. The molecule has 1 saturated heterocycles. The lowest BCUT2D eigenvalue weighted by atomic mass is 10.2. The van der Waals surface area contributed by atoms with Gasteiger partial charge < -0.3 is 4.74 Å². The Morgan fingerprint density at radius 2 is 2.11 bits per heavy atom. The van der Waals surface area contributed by atoms with Crippen molar-refractivity contribution in [2.24, 2.45) is 0 Å². The van der Waals surface area contributed by atoms with Crippen LogP contribution in [0.1, 0.15) is 13.8 Å². The van der Waals surface area contributed by atoms with Crippen molar-refractivity contribution in [1.82, 2.24) is 4.90 Å². The lowest BCUT2D eigenvalue weighted by Crippen LogP contribution is -2.44. The van der Waals surface area contributed by atoms with E-state index in [1.54, 1.807) is 0 Å². The van der Waals surface area contributed by atoms with E-state index in [-0.39, 0.29) is 0 Å². The van der Waals surface area contributed by atoms with Gasteiger partial charge >= 0.3 is 0 Å². The van der Waals surface area contributed by atoms with E-state index in [9.17, 15) is 0 Å². The second-order valence-corrected chi connectivity index (χ2v) is 2.93. The van der Waals surface area contributed by atoms with Crippen LogP contribution in [0, 0.1) is 0 Å². The molecule has 0 saturated carbocycles. The predicted molar refractivity (Wildman–Crippen MR) is 37.5 cm³/mol. The first kappa shape index (κ1) is 7.03. The monoisotopic (exact) mass is 129 g/mol. The van der Waals surface area contributed by atoms with E-state index in [4.69, 9.17) is 4.74 Å². The molecule has 1 unspecified atom stereocenters. The molecule has 0 aliphatic carbocycles. The standard InChI is InChI=1S/C7H15NO/c1-6-5-9-7(2)4-8(6)3/h6-7H,4-5H2,1-3H3/t6-,7?/m0/s1. The maximum Gasteiger partial charge on any atom is 0.0674 e. The molecule has 1 rings (SSSR count). The molecule has 2 heteroatoms. The van der Waals surface area contributed by atoms with E-state index in [2.05, 4.69) is 25.8 Å². The van der Waals surface area contributed by atoms with Crippen LogP contribution in [-0.2, 0) is 4.74 Å². The molecule has 54 valence electrons. The third-order valence-electron chi connectivity index (χ3n) is 1.92. The molecule has 0 bridgehead atoms. The van der Waals surface area contributed by atoms with Gasteiger partial charge in [-0.3, -0.25) is 4.90 Å². The van der Waals surface area contributed by atoms with Crippen molar-refractivity contribution in [3.63, 3.8) is 0 Å². The molecular weight excluding hydrogens is 114 g/mol. The minimum absolute atomic E-state index is 0.422. The van der Waals surface area contributed by atoms with Gasteiger partial charge in [0, 0.05) is 12.6 Å². The van der Waals surface area contributed by atoms with Crippen LogP contribution in [-0.4, -0.2) is 37.2 Å². The molecule has 0 aromatic carbocycles. The summed E-state index contributed by atoms with van der Waals surface area (Å²) in [6.07, 6.45) is 0.422. The van der Waals surface area contributed by atoms with Crippen LogP contribution in [0.15, 0.2) is 0 Å². The largest absolute Gasteiger partial charge is 0.376 e. The summed E-state index contributed by atoms with van der Waals surface area (Å²) in [5.41, 5.74) is 0. The van der Waals surface area contributed by atoms with Gasteiger partial charge in [-0.05, 0) is 20.9 Å². The first-order valence-corrected chi connectivity index (χ1v) is 3.52. The zero-order valence-corrected chi connectivity index (χ0v) is 6.42. The van der Waals surface area contributed by atoms with E-state index in [1.165, 1.54) is 0 Å². The second-order valence-electron chi connectivity index (χ2n) is 2.93. The van der Waals surface area contributed by atoms with Gasteiger partial charge in [-0.1, -0.05) is 0 Å². The first-order valence-electron chi connectivity index (χ1n) is 3.52. The van der Waals surface area contributed by atoms with Crippen molar-refractivity contribution in [3.05, 3.63) is 0 Å². The molecule has 1 aliphatic heterocycles. The lowest BCUT2D eigenvalue weighted by molar-refractivity contribution is -0.0388. The third kappa shape index (κ3) is 1.66. The molecular formula is C7H15NO. The SMILES string of the molecule is CC1CN(C)[C@@H](C)CO1. The van der Waals surface area contributed by atoms with Crippen LogP contribution < -0.4 is 0 Å². The van der Waals surface area contributed by atoms with Gasteiger partial charge in [0.1, 0.15) is 0 Å². The minimum Gasteiger partial charge on any atom is -0.376 e. The van der Waals surface area contributed by atoms with Gasteiger partial charge in [-0.2, -0.15) is 0 Å². The molecule has 0 radical (unpaired) electrons. The van der Waals surface area contributed by atoms with Gasteiger partial charge in [0.2, 0.25) is 0 Å². The van der Waals surface area contributed by atoms with Crippen LogP contribution in [0.5, 0.6) is 0 Å². The van der Waals surface area contributed by atoms with E-state index in [0.717, 1.165) is 13.2 Å². The topological polar surface area (TPSA) is 12.5 Å². The van der Waals surface area contributed by atoms with Crippen molar-refractivity contribution < 1.29 is 4.74 Å². The maximum absolute atomic E-state index is 5.42. The quantitative estimate of drug-likeness (QED) is 0.478. The Bertz CT molecular complexity index is 94.9. The Hall–Kier alpha value is -0.0800. The highest BCUT2D eigenvalue weighted by Crippen LogP contribution is 2.07. The Kier molecular flexibility index (Phi) is 2.09. The predicted octanol–water partition coefficient (Wildman–Crippen LogP) is 0.725. The fraction of sp³-hybridized carbons (Fsp3) is 1.00. The van der Waals surface area contributed by atoms with Gasteiger partial charge in [0.25, 0.3) is 0 Å². The summed E-state index contributed by atoms with van der Waals surface area (Å²) < 4.78 is 5.42. The molecule has 2 nitrogen and oxygen atoms in total. The number of likely N-dealkylation sites (N-methyl/N-ethyl adjacent to an activating group) is 1. The van der Waals surface area contributed by atoms with Crippen molar-refractivity contribution in [2.75, 3.05) is 20.2 Å². The van der Waals surface area contributed by atoms with Gasteiger partial charge in [0.05, 0.1) is 12.7 Å². The van der Waals surface area contributed by atoms with Crippen LogP contribution >= 0.6 is 0 Å². The number of nitrogens with zero attached hydrogens (tertiary/aromatic N) is 1. The van der Waals surface area contributed by atoms with Crippen LogP contribution in [0.2, 0.25) is 0 Å². The smallest absolute Gasteiger partial charge is 0.0674 e. The highest BCUT2D eigenvalue weighted by atomic mass is 16.5. The maximum atomic E-state index is 5.42. The molecule has 1 aliphatic rings. The molecule has 1 fully saturated rings. The molecule has 0 amide bonds. The van der Waals surface area contributed by atoms with E-state index >= 15 is 0 Å². The fourth-order valence-electron chi connectivity index (χ4n) is 1.07. The number of morpholine rings is 1. The van der Waals surface area contributed by atoms with E-state index in [0.29, 0.717) is 12.1 Å². The summed E-state index contributed by atoms with van der Waals surface area (Å²) >= 11 is 0. The molecule has 0 N–H and O–H groups in total. The zero-order valence-electron chi connectivity index (χ0n) is 6.42. The number of hydrogen-bond donors (Lipinski definition) is 0. The third-order valence-corrected chi connectivity index (χ3v) is 1.92. The lowest BCUT2D eigenvalue weighted by Gasteiger charge is -2.33. The first-order chi connectivity index (χ1) is 4.20. The Balaban J connectivity index is 2.35. The molecule has 0 spiro atoms. The van der Waals surface area contributed by atoms with Gasteiger partial charge in [-0.25, -0.2) is 0 Å². The number of rotatable bonds is 0. The Morgan fingerprint density at radius 3 is 2.56 bits per heavy atom. The summed E-state index contributed by atoms with van der Waals surface area (Å²) in [5, 5.41) is 0. The second kappa shape index (κ2) is 2.67. The van der Waals surface area contributed by atoms with E-state index in [1.807, 2.05) is 0 Å². The average molecular weight is 129 g/mol. The molecule has 0 aromatic heterocycles. The van der Waals surface area contributed by atoms with Gasteiger partial charge in [-0.15, -0.1) is 0 Å². The van der Waals surface area contributed by atoms with Crippen molar-refractivity contribution in [1.29, 1.82) is 0 Å². The van der Waals surface area contributed by atoms with E-state index < -0.39 is 0 Å². The fourth-order valence-corrected chi connectivity index (χ4v) is 1.07. The van der Waals surface area contributed by atoms with Crippen LogP contribution in [0.25, 0.3) is 0 Å².